The first-order valence-electron chi connectivity index (χ1n) is 6.74. The van der Waals surface area contributed by atoms with Crippen molar-refractivity contribution in [3.8, 4) is 22.4 Å². The Morgan fingerprint density at radius 1 is 1.05 bits per heavy atom. The van der Waals surface area contributed by atoms with Crippen LogP contribution in [0, 0.1) is 13.8 Å². The van der Waals surface area contributed by atoms with Crippen molar-refractivity contribution in [3.63, 3.8) is 0 Å². The third kappa shape index (κ3) is 2.41. The zero-order chi connectivity index (χ0) is 15.0. The summed E-state index contributed by atoms with van der Waals surface area (Å²) in [6.45, 7) is 4.05. The van der Waals surface area contributed by atoms with E-state index in [4.69, 9.17) is 17.3 Å². The molecule has 0 radical (unpaired) electrons. The van der Waals surface area contributed by atoms with Gasteiger partial charge in [-0.15, -0.1) is 0 Å². The van der Waals surface area contributed by atoms with Gasteiger partial charge < -0.3 is 5.73 Å². The van der Waals surface area contributed by atoms with Crippen LogP contribution in [0.1, 0.15) is 11.1 Å². The van der Waals surface area contributed by atoms with E-state index in [-0.39, 0.29) is 0 Å². The van der Waals surface area contributed by atoms with E-state index in [2.05, 4.69) is 29.3 Å². The maximum absolute atomic E-state index is 6.10. The molecule has 0 bridgehead atoms. The van der Waals surface area contributed by atoms with Gasteiger partial charge in [-0.25, -0.2) is 0 Å². The summed E-state index contributed by atoms with van der Waals surface area (Å²) in [5, 5.41) is 7.98. The summed E-state index contributed by atoms with van der Waals surface area (Å²) in [7, 11) is 0. The maximum atomic E-state index is 6.10. The van der Waals surface area contributed by atoms with Crippen LogP contribution in [-0.4, -0.2) is 10.2 Å². The van der Waals surface area contributed by atoms with Crippen molar-refractivity contribution in [2.24, 2.45) is 0 Å². The Kier molecular flexibility index (Phi) is 3.43. The van der Waals surface area contributed by atoms with Crippen molar-refractivity contribution < 1.29 is 0 Å². The summed E-state index contributed by atoms with van der Waals surface area (Å²) >= 11 is 6.10. The van der Waals surface area contributed by atoms with Crippen LogP contribution >= 0.6 is 11.6 Å². The lowest BCUT2D eigenvalue weighted by Gasteiger charge is -2.09. The number of aryl methyl sites for hydroxylation is 2. The summed E-state index contributed by atoms with van der Waals surface area (Å²) in [5.41, 5.74) is 12.2. The number of nitrogens with one attached hydrogen (secondary N) is 1. The first-order valence-corrected chi connectivity index (χ1v) is 7.12. The van der Waals surface area contributed by atoms with Crippen molar-refractivity contribution >= 4 is 17.4 Å². The monoisotopic (exact) mass is 297 g/mol. The van der Waals surface area contributed by atoms with E-state index in [0.717, 1.165) is 38.5 Å². The molecule has 0 saturated carbocycles. The molecule has 0 fully saturated rings. The van der Waals surface area contributed by atoms with Gasteiger partial charge in [0.25, 0.3) is 0 Å². The second kappa shape index (κ2) is 5.26. The van der Waals surface area contributed by atoms with Crippen LogP contribution in [0.3, 0.4) is 0 Å². The smallest absolute Gasteiger partial charge is 0.153 e. The lowest BCUT2D eigenvalue weighted by Crippen LogP contribution is -1.91. The van der Waals surface area contributed by atoms with E-state index in [1.54, 1.807) is 0 Å². The van der Waals surface area contributed by atoms with Gasteiger partial charge in [0, 0.05) is 10.6 Å². The van der Waals surface area contributed by atoms with Crippen LogP contribution < -0.4 is 5.73 Å². The van der Waals surface area contributed by atoms with Crippen molar-refractivity contribution in [2.45, 2.75) is 13.8 Å². The SMILES string of the molecule is Cc1cc(-c2[nH]nc(N)c2-c2ccccc2C)ccc1Cl. The third-order valence-electron chi connectivity index (χ3n) is 3.66. The van der Waals surface area contributed by atoms with Crippen LogP contribution in [0.25, 0.3) is 22.4 Å². The highest BCUT2D eigenvalue weighted by molar-refractivity contribution is 6.31. The molecule has 106 valence electrons. The van der Waals surface area contributed by atoms with Crippen LogP contribution in [0.2, 0.25) is 5.02 Å². The van der Waals surface area contributed by atoms with Crippen molar-refractivity contribution in [2.75, 3.05) is 5.73 Å². The van der Waals surface area contributed by atoms with Gasteiger partial charge in [-0.05, 0) is 42.7 Å². The maximum Gasteiger partial charge on any atom is 0.153 e. The van der Waals surface area contributed by atoms with Gasteiger partial charge in [0.15, 0.2) is 5.82 Å². The molecule has 21 heavy (non-hydrogen) atoms. The van der Waals surface area contributed by atoms with E-state index < -0.39 is 0 Å². The average molecular weight is 298 g/mol. The molecule has 0 spiro atoms. The molecule has 0 atom stereocenters. The van der Waals surface area contributed by atoms with Crippen molar-refractivity contribution in [3.05, 3.63) is 58.6 Å². The number of H-pyrrole nitrogens is 1. The molecule has 1 heterocycles. The summed E-state index contributed by atoms with van der Waals surface area (Å²) in [6, 6.07) is 14.1. The summed E-state index contributed by atoms with van der Waals surface area (Å²) in [6.07, 6.45) is 0. The van der Waals surface area contributed by atoms with Crippen molar-refractivity contribution in [1.82, 2.24) is 10.2 Å². The van der Waals surface area contributed by atoms with Crippen LogP contribution in [0.4, 0.5) is 5.82 Å². The summed E-state index contributed by atoms with van der Waals surface area (Å²) in [4.78, 5) is 0. The number of aromatic nitrogens is 2. The molecule has 0 aliphatic heterocycles. The highest BCUT2D eigenvalue weighted by Crippen LogP contribution is 2.37. The second-order valence-corrected chi connectivity index (χ2v) is 5.54. The van der Waals surface area contributed by atoms with E-state index in [1.165, 1.54) is 0 Å². The van der Waals surface area contributed by atoms with E-state index >= 15 is 0 Å². The quantitative estimate of drug-likeness (QED) is 0.726. The number of halogens is 1. The zero-order valence-corrected chi connectivity index (χ0v) is 12.7. The highest BCUT2D eigenvalue weighted by Gasteiger charge is 2.16. The minimum absolute atomic E-state index is 0.506. The Bertz CT molecular complexity index is 806. The molecule has 3 N–H and O–H groups in total. The fourth-order valence-electron chi connectivity index (χ4n) is 2.49. The minimum Gasteiger partial charge on any atom is -0.382 e. The van der Waals surface area contributed by atoms with Gasteiger partial charge in [0.05, 0.1) is 11.3 Å². The molecule has 3 rings (SSSR count). The zero-order valence-electron chi connectivity index (χ0n) is 11.9. The molecule has 3 nitrogen and oxygen atoms in total. The molecule has 0 amide bonds. The number of hydrogen-bond donors (Lipinski definition) is 2. The van der Waals surface area contributed by atoms with Gasteiger partial charge in [0.2, 0.25) is 0 Å². The van der Waals surface area contributed by atoms with E-state index in [1.807, 2.05) is 37.3 Å². The molecule has 3 aromatic rings. The normalized spacial score (nSPS) is 10.8. The highest BCUT2D eigenvalue weighted by atomic mass is 35.5. The van der Waals surface area contributed by atoms with Crippen LogP contribution in [0.15, 0.2) is 42.5 Å². The minimum atomic E-state index is 0.506. The van der Waals surface area contributed by atoms with Gasteiger partial charge >= 0.3 is 0 Å². The summed E-state index contributed by atoms with van der Waals surface area (Å²) in [5.74, 6) is 0.506. The lowest BCUT2D eigenvalue weighted by atomic mass is 9.96. The molecule has 0 aliphatic carbocycles. The topological polar surface area (TPSA) is 54.7 Å². The molecule has 4 heteroatoms. The number of rotatable bonds is 2. The third-order valence-corrected chi connectivity index (χ3v) is 4.08. The van der Waals surface area contributed by atoms with Crippen LogP contribution in [-0.2, 0) is 0 Å². The molecule has 0 aliphatic rings. The molecule has 2 aromatic carbocycles. The number of aromatic amines is 1. The second-order valence-electron chi connectivity index (χ2n) is 5.14. The van der Waals surface area contributed by atoms with Gasteiger partial charge in [-0.2, -0.15) is 5.10 Å². The largest absolute Gasteiger partial charge is 0.382 e. The standard InChI is InChI=1S/C17H16ClN3/c1-10-5-3-4-6-13(10)15-16(20-21-17(15)19)12-7-8-14(18)11(2)9-12/h3-9H,1-2H3,(H3,19,20,21). The Labute approximate surface area is 128 Å². The van der Waals surface area contributed by atoms with Crippen LogP contribution in [0.5, 0.6) is 0 Å². The summed E-state index contributed by atoms with van der Waals surface area (Å²) < 4.78 is 0. The molecule has 1 aromatic heterocycles. The number of benzene rings is 2. The number of nitrogen functional groups attached to an aromatic ring is 1. The van der Waals surface area contributed by atoms with Gasteiger partial charge in [-0.1, -0.05) is 41.9 Å². The van der Waals surface area contributed by atoms with E-state index in [9.17, 15) is 0 Å². The number of hydrogen-bond acceptors (Lipinski definition) is 2. The first-order chi connectivity index (χ1) is 10.1. The lowest BCUT2D eigenvalue weighted by molar-refractivity contribution is 1.10. The van der Waals surface area contributed by atoms with E-state index in [0.29, 0.717) is 5.82 Å². The fraction of sp³-hybridized carbons (Fsp3) is 0.118. The van der Waals surface area contributed by atoms with Crippen molar-refractivity contribution in [1.29, 1.82) is 0 Å². The molecular weight excluding hydrogens is 282 g/mol. The number of nitrogens with zero attached hydrogens (tertiary/aromatic N) is 1. The Balaban J connectivity index is 2.22. The predicted molar refractivity (Wildman–Crippen MR) is 88.4 cm³/mol. The Morgan fingerprint density at radius 2 is 1.81 bits per heavy atom. The molecular formula is C17H16ClN3. The molecule has 0 unspecified atom stereocenters. The van der Waals surface area contributed by atoms with Gasteiger partial charge in [0.1, 0.15) is 0 Å². The Morgan fingerprint density at radius 3 is 2.52 bits per heavy atom. The average Bonchev–Trinajstić information content (AvgIpc) is 2.84. The Hall–Kier alpha value is -2.26. The first kappa shape index (κ1) is 13.7. The fourth-order valence-corrected chi connectivity index (χ4v) is 2.61. The number of anilines is 1. The predicted octanol–water partition coefficient (Wildman–Crippen LogP) is 4.60. The molecule has 0 saturated heterocycles. The number of nitrogens with two attached hydrogens (primary N) is 1. The van der Waals surface area contributed by atoms with Gasteiger partial charge in [-0.3, -0.25) is 5.10 Å².